The van der Waals surface area contributed by atoms with Crippen molar-refractivity contribution in [3.63, 3.8) is 0 Å². The molecule has 0 spiro atoms. The molecule has 0 bridgehead atoms. The summed E-state index contributed by atoms with van der Waals surface area (Å²) >= 11 is 0. The molecule has 0 aromatic heterocycles. The molecule has 1 unspecified atom stereocenters. The monoisotopic (exact) mass is 406 g/mol. The molecule has 29 heavy (non-hydrogen) atoms. The molecule has 0 aliphatic heterocycles. The van der Waals surface area contributed by atoms with E-state index in [9.17, 15) is 13.2 Å². The second-order valence-electron chi connectivity index (χ2n) is 7.63. The van der Waals surface area contributed by atoms with Crippen LogP contribution in [0.5, 0.6) is 0 Å². The number of sulfone groups is 1. The van der Waals surface area contributed by atoms with Crippen LogP contribution in [-0.4, -0.2) is 25.8 Å². The SMILES string of the molecule is N=C(N)CS(=O)(=O)c1ccc(C2C[C@H]2C(=O)Cc2ccc3ccccc3c2)cc1. The number of hydrogen-bond acceptors (Lipinski definition) is 4. The number of ketones is 1. The van der Waals surface area contributed by atoms with Crippen molar-refractivity contribution in [1.82, 2.24) is 0 Å². The molecule has 3 aromatic rings. The average Bonchev–Trinajstić information content (AvgIpc) is 3.48. The van der Waals surface area contributed by atoms with Gasteiger partial charge >= 0.3 is 0 Å². The van der Waals surface area contributed by atoms with E-state index in [1.54, 1.807) is 12.1 Å². The number of nitrogens with one attached hydrogen (secondary N) is 1. The predicted octanol–water partition coefficient (Wildman–Crippen LogP) is 3.46. The van der Waals surface area contributed by atoms with Crippen molar-refractivity contribution in [3.8, 4) is 0 Å². The van der Waals surface area contributed by atoms with Crippen LogP contribution >= 0.6 is 0 Å². The van der Waals surface area contributed by atoms with Gasteiger partial charge in [0, 0.05) is 12.3 Å². The standard InChI is InChI=1S/C23H22N2O3S/c24-23(25)14-29(27,28)19-9-7-17(8-10-19)20-13-21(20)22(26)12-15-5-6-16-3-1-2-4-18(16)11-15/h1-11,20-21H,12-14H2,(H3,24,25)/t20?,21-/m1/s1. The van der Waals surface area contributed by atoms with Crippen molar-refractivity contribution in [2.24, 2.45) is 11.7 Å². The molecule has 1 aliphatic rings. The van der Waals surface area contributed by atoms with E-state index in [-0.39, 0.29) is 28.4 Å². The van der Waals surface area contributed by atoms with Gasteiger partial charge in [0.25, 0.3) is 0 Å². The van der Waals surface area contributed by atoms with Gasteiger partial charge in [-0.1, -0.05) is 54.6 Å². The van der Waals surface area contributed by atoms with Gasteiger partial charge in [0.15, 0.2) is 9.84 Å². The van der Waals surface area contributed by atoms with E-state index >= 15 is 0 Å². The Balaban J connectivity index is 1.42. The van der Waals surface area contributed by atoms with Crippen molar-refractivity contribution in [1.29, 1.82) is 5.41 Å². The lowest BCUT2D eigenvalue weighted by atomic mass is 10.00. The van der Waals surface area contributed by atoms with Gasteiger partial charge in [-0.25, -0.2) is 8.42 Å². The summed E-state index contributed by atoms with van der Waals surface area (Å²) in [5.41, 5.74) is 7.21. The summed E-state index contributed by atoms with van der Waals surface area (Å²) in [6.45, 7) is 0. The van der Waals surface area contributed by atoms with E-state index in [0.717, 1.165) is 28.3 Å². The largest absolute Gasteiger partial charge is 0.387 e. The van der Waals surface area contributed by atoms with Crippen LogP contribution in [0.2, 0.25) is 0 Å². The number of carbonyl (C=O) groups is 1. The second-order valence-corrected chi connectivity index (χ2v) is 9.62. The Morgan fingerprint density at radius 3 is 2.38 bits per heavy atom. The molecule has 3 aromatic carbocycles. The molecule has 1 saturated carbocycles. The third kappa shape index (κ3) is 4.22. The quantitative estimate of drug-likeness (QED) is 0.463. The lowest BCUT2D eigenvalue weighted by Crippen LogP contribution is -2.22. The first-order valence-corrected chi connectivity index (χ1v) is 11.1. The summed E-state index contributed by atoms with van der Waals surface area (Å²) in [6.07, 6.45) is 1.21. The van der Waals surface area contributed by atoms with Crippen LogP contribution in [0.15, 0.2) is 71.6 Å². The van der Waals surface area contributed by atoms with Gasteiger partial charge in [0.2, 0.25) is 0 Å². The molecule has 1 fully saturated rings. The molecule has 5 nitrogen and oxygen atoms in total. The third-order valence-corrected chi connectivity index (χ3v) is 7.09. The van der Waals surface area contributed by atoms with E-state index in [1.165, 1.54) is 12.1 Å². The highest BCUT2D eigenvalue weighted by Crippen LogP contribution is 2.48. The van der Waals surface area contributed by atoms with E-state index in [4.69, 9.17) is 11.1 Å². The minimum atomic E-state index is -3.59. The topological polar surface area (TPSA) is 101 Å². The molecule has 0 amide bonds. The number of fused-ring (bicyclic) bond motifs is 1. The molecular weight excluding hydrogens is 384 g/mol. The summed E-state index contributed by atoms with van der Waals surface area (Å²) in [4.78, 5) is 12.9. The van der Waals surface area contributed by atoms with Crippen molar-refractivity contribution in [2.45, 2.75) is 23.7 Å². The number of Topliss-reactive ketones (excluding diaryl/α,β-unsaturated/α-hetero) is 1. The molecule has 2 atom stereocenters. The first-order valence-electron chi connectivity index (χ1n) is 9.49. The summed E-state index contributed by atoms with van der Waals surface area (Å²) in [5.74, 6) is -0.509. The normalized spacial score (nSPS) is 18.5. The van der Waals surface area contributed by atoms with Crippen molar-refractivity contribution < 1.29 is 13.2 Å². The summed E-state index contributed by atoms with van der Waals surface area (Å²) in [6, 6.07) is 20.8. The van der Waals surface area contributed by atoms with Crippen LogP contribution in [0.25, 0.3) is 10.8 Å². The maximum Gasteiger partial charge on any atom is 0.185 e. The molecule has 0 radical (unpaired) electrons. The fraction of sp³-hybridized carbons (Fsp3) is 0.217. The van der Waals surface area contributed by atoms with Crippen molar-refractivity contribution in [2.75, 3.05) is 5.75 Å². The number of rotatable bonds is 7. The second kappa shape index (κ2) is 7.44. The number of benzene rings is 3. The Morgan fingerprint density at radius 2 is 1.69 bits per heavy atom. The minimum absolute atomic E-state index is 0.0128. The van der Waals surface area contributed by atoms with Crippen molar-refractivity contribution in [3.05, 3.63) is 77.9 Å². The highest BCUT2D eigenvalue weighted by Gasteiger charge is 2.43. The lowest BCUT2D eigenvalue weighted by Gasteiger charge is -2.06. The van der Waals surface area contributed by atoms with Crippen LogP contribution in [-0.2, 0) is 21.1 Å². The molecule has 0 heterocycles. The van der Waals surface area contributed by atoms with Gasteiger partial charge in [-0.05, 0) is 46.4 Å². The fourth-order valence-corrected chi connectivity index (χ4v) is 4.94. The summed E-state index contributed by atoms with van der Waals surface area (Å²) < 4.78 is 24.3. The highest BCUT2D eigenvalue weighted by atomic mass is 32.2. The van der Waals surface area contributed by atoms with Crippen LogP contribution < -0.4 is 5.73 Å². The first kappa shape index (κ1) is 19.3. The zero-order chi connectivity index (χ0) is 20.6. The minimum Gasteiger partial charge on any atom is -0.387 e. The summed E-state index contributed by atoms with van der Waals surface area (Å²) in [7, 11) is -3.59. The number of nitrogens with two attached hydrogens (primary N) is 1. The van der Waals surface area contributed by atoms with E-state index in [0.29, 0.717) is 6.42 Å². The van der Waals surface area contributed by atoms with Crippen LogP contribution in [0.3, 0.4) is 0 Å². The van der Waals surface area contributed by atoms with Crippen molar-refractivity contribution >= 4 is 32.2 Å². The van der Waals surface area contributed by atoms with Gasteiger partial charge in [0.1, 0.15) is 17.4 Å². The number of hydrogen-bond donors (Lipinski definition) is 2. The van der Waals surface area contributed by atoms with Gasteiger partial charge in [0.05, 0.1) is 4.90 Å². The Hall–Kier alpha value is -2.99. The van der Waals surface area contributed by atoms with E-state index in [1.807, 2.05) is 30.3 Å². The van der Waals surface area contributed by atoms with Crippen LogP contribution in [0.4, 0.5) is 0 Å². The first-order chi connectivity index (χ1) is 13.8. The van der Waals surface area contributed by atoms with Crippen LogP contribution in [0, 0.1) is 11.3 Å². The maximum absolute atomic E-state index is 12.7. The van der Waals surface area contributed by atoms with Crippen LogP contribution in [0.1, 0.15) is 23.5 Å². The zero-order valence-electron chi connectivity index (χ0n) is 15.8. The Bertz CT molecular complexity index is 1200. The molecule has 4 rings (SSSR count). The smallest absolute Gasteiger partial charge is 0.185 e. The third-order valence-electron chi connectivity index (χ3n) is 5.41. The Kier molecular flexibility index (Phi) is 4.96. The Morgan fingerprint density at radius 1 is 1.00 bits per heavy atom. The van der Waals surface area contributed by atoms with E-state index < -0.39 is 15.6 Å². The molecule has 6 heteroatoms. The fourth-order valence-electron chi connectivity index (χ4n) is 3.81. The molecule has 1 aliphatic carbocycles. The molecule has 0 saturated heterocycles. The Labute approximate surface area is 170 Å². The zero-order valence-corrected chi connectivity index (χ0v) is 16.7. The molecule has 148 valence electrons. The molecular formula is C23H22N2O3S. The predicted molar refractivity (Wildman–Crippen MR) is 114 cm³/mol. The van der Waals surface area contributed by atoms with Gasteiger partial charge < -0.3 is 5.73 Å². The molecule has 3 N–H and O–H groups in total. The number of carbonyl (C=O) groups excluding carboxylic acids is 1. The van der Waals surface area contributed by atoms with Gasteiger partial charge in [-0.15, -0.1) is 0 Å². The van der Waals surface area contributed by atoms with Gasteiger partial charge in [-0.2, -0.15) is 0 Å². The maximum atomic E-state index is 12.7. The lowest BCUT2D eigenvalue weighted by molar-refractivity contribution is -0.119. The average molecular weight is 407 g/mol. The number of amidine groups is 1. The van der Waals surface area contributed by atoms with Gasteiger partial charge in [-0.3, -0.25) is 10.2 Å². The summed E-state index contributed by atoms with van der Waals surface area (Å²) in [5, 5.41) is 9.48. The van der Waals surface area contributed by atoms with E-state index in [2.05, 4.69) is 12.1 Å². The highest BCUT2D eigenvalue weighted by molar-refractivity contribution is 7.92.